The summed E-state index contributed by atoms with van der Waals surface area (Å²) in [5.74, 6) is 1.32. The van der Waals surface area contributed by atoms with E-state index in [0.29, 0.717) is 27.8 Å². The number of H-pyrrole nitrogens is 1. The monoisotopic (exact) mass is 409 g/mol. The SMILES string of the molecule is COc1ccc2[nH]c3nc(SCC(=O)Nc4cc(C)ccc4OC)nnc3c2c1. The minimum atomic E-state index is -0.177. The molecule has 0 atom stereocenters. The Labute approximate surface area is 171 Å². The van der Waals surface area contributed by atoms with Crippen LogP contribution in [-0.2, 0) is 4.79 Å². The van der Waals surface area contributed by atoms with Crippen molar-refractivity contribution < 1.29 is 14.3 Å². The van der Waals surface area contributed by atoms with Gasteiger partial charge in [0.15, 0.2) is 5.65 Å². The quantitative estimate of drug-likeness (QED) is 0.469. The smallest absolute Gasteiger partial charge is 0.234 e. The van der Waals surface area contributed by atoms with E-state index in [4.69, 9.17) is 9.47 Å². The third-order valence-electron chi connectivity index (χ3n) is 4.36. The molecule has 29 heavy (non-hydrogen) atoms. The minimum Gasteiger partial charge on any atom is -0.497 e. The number of nitrogens with one attached hydrogen (secondary N) is 2. The van der Waals surface area contributed by atoms with E-state index in [-0.39, 0.29) is 11.7 Å². The first kappa shape index (κ1) is 19.0. The molecule has 9 heteroatoms. The first-order chi connectivity index (χ1) is 14.1. The van der Waals surface area contributed by atoms with Crippen LogP contribution >= 0.6 is 11.8 Å². The summed E-state index contributed by atoms with van der Waals surface area (Å²) in [7, 11) is 3.19. The minimum absolute atomic E-state index is 0.151. The Bertz CT molecular complexity index is 1210. The first-order valence-electron chi connectivity index (χ1n) is 8.85. The molecule has 4 rings (SSSR count). The summed E-state index contributed by atoms with van der Waals surface area (Å²) in [6.45, 7) is 1.95. The molecule has 0 saturated heterocycles. The highest BCUT2D eigenvalue weighted by Gasteiger charge is 2.13. The van der Waals surface area contributed by atoms with Gasteiger partial charge >= 0.3 is 0 Å². The maximum Gasteiger partial charge on any atom is 0.234 e. The zero-order valence-corrected chi connectivity index (χ0v) is 17.0. The third kappa shape index (κ3) is 3.95. The molecule has 2 aromatic heterocycles. The number of amides is 1. The van der Waals surface area contributed by atoms with E-state index in [1.807, 2.05) is 43.3 Å². The topological polar surface area (TPSA) is 102 Å². The molecule has 8 nitrogen and oxygen atoms in total. The standard InChI is InChI=1S/C20H19N5O3S/c1-11-4-7-16(28-3)15(8-11)21-17(26)10-29-20-23-19-18(24-25-20)13-9-12(27-2)5-6-14(13)22-19/h4-9H,10H2,1-3H3,(H,21,26)(H,22,23,25). The molecule has 0 saturated carbocycles. The number of hydrogen-bond donors (Lipinski definition) is 2. The van der Waals surface area contributed by atoms with Gasteiger partial charge in [-0.3, -0.25) is 4.79 Å². The second-order valence-corrected chi connectivity index (χ2v) is 7.31. The van der Waals surface area contributed by atoms with Crippen molar-refractivity contribution >= 4 is 45.4 Å². The number of thioether (sulfide) groups is 1. The molecule has 0 aliphatic heterocycles. The lowest BCUT2D eigenvalue weighted by atomic mass is 10.2. The molecule has 4 aromatic rings. The van der Waals surface area contributed by atoms with Gasteiger partial charge in [0.05, 0.1) is 25.7 Å². The van der Waals surface area contributed by atoms with Crippen LogP contribution < -0.4 is 14.8 Å². The number of anilines is 1. The van der Waals surface area contributed by atoms with Crippen molar-refractivity contribution in [3.8, 4) is 11.5 Å². The van der Waals surface area contributed by atoms with Crippen molar-refractivity contribution in [3.63, 3.8) is 0 Å². The number of fused-ring (bicyclic) bond motifs is 3. The highest BCUT2D eigenvalue weighted by Crippen LogP contribution is 2.28. The number of methoxy groups -OCH3 is 2. The van der Waals surface area contributed by atoms with E-state index in [9.17, 15) is 4.79 Å². The molecule has 1 amide bonds. The van der Waals surface area contributed by atoms with Gasteiger partial charge in [-0.15, -0.1) is 10.2 Å². The number of nitrogens with zero attached hydrogens (tertiary/aromatic N) is 3. The summed E-state index contributed by atoms with van der Waals surface area (Å²) in [5, 5.41) is 12.6. The lowest BCUT2D eigenvalue weighted by Crippen LogP contribution is -2.15. The van der Waals surface area contributed by atoms with E-state index in [1.54, 1.807) is 14.2 Å². The lowest BCUT2D eigenvalue weighted by Gasteiger charge is -2.10. The highest BCUT2D eigenvalue weighted by atomic mass is 32.2. The molecule has 0 spiro atoms. The van der Waals surface area contributed by atoms with Crippen LogP contribution in [0, 0.1) is 6.92 Å². The summed E-state index contributed by atoms with van der Waals surface area (Å²) in [5.41, 5.74) is 3.84. The van der Waals surface area contributed by atoms with Crippen molar-refractivity contribution in [2.45, 2.75) is 12.1 Å². The summed E-state index contributed by atoms with van der Waals surface area (Å²) >= 11 is 1.22. The zero-order chi connectivity index (χ0) is 20.4. The van der Waals surface area contributed by atoms with Gasteiger partial charge in [-0.1, -0.05) is 17.8 Å². The predicted molar refractivity (Wildman–Crippen MR) is 113 cm³/mol. The van der Waals surface area contributed by atoms with Crippen molar-refractivity contribution in [2.24, 2.45) is 0 Å². The summed E-state index contributed by atoms with van der Waals surface area (Å²) in [6.07, 6.45) is 0. The number of ether oxygens (including phenoxy) is 2. The van der Waals surface area contributed by atoms with E-state index in [2.05, 4.69) is 25.5 Å². The van der Waals surface area contributed by atoms with Gasteiger partial charge in [0.25, 0.3) is 0 Å². The molecule has 0 unspecified atom stereocenters. The van der Waals surface area contributed by atoms with Crippen LogP contribution in [0.25, 0.3) is 22.1 Å². The van der Waals surface area contributed by atoms with E-state index >= 15 is 0 Å². The fourth-order valence-corrected chi connectivity index (χ4v) is 3.55. The van der Waals surface area contributed by atoms with Gasteiger partial charge < -0.3 is 19.8 Å². The summed E-state index contributed by atoms with van der Waals surface area (Å²) < 4.78 is 10.6. The van der Waals surface area contributed by atoms with Crippen molar-refractivity contribution in [3.05, 3.63) is 42.0 Å². The van der Waals surface area contributed by atoms with Crippen LogP contribution in [0.1, 0.15) is 5.56 Å². The number of aromatic amines is 1. The number of benzene rings is 2. The number of aryl methyl sites for hydroxylation is 1. The van der Waals surface area contributed by atoms with Crippen LogP contribution in [0.4, 0.5) is 5.69 Å². The average molecular weight is 409 g/mol. The first-order valence-corrected chi connectivity index (χ1v) is 9.83. The Morgan fingerprint density at radius 1 is 1.14 bits per heavy atom. The summed E-state index contributed by atoms with van der Waals surface area (Å²) in [4.78, 5) is 20.1. The second kappa shape index (κ2) is 7.96. The Hall–Kier alpha value is -3.33. The number of rotatable bonds is 6. The molecular formula is C20H19N5O3S. The highest BCUT2D eigenvalue weighted by molar-refractivity contribution is 7.99. The normalized spacial score (nSPS) is 11.0. The third-order valence-corrected chi connectivity index (χ3v) is 5.20. The second-order valence-electron chi connectivity index (χ2n) is 6.37. The Morgan fingerprint density at radius 3 is 2.79 bits per heavy atom. The van der Waals surface area contributed by atoms with Gasteiger partial charge in [0.1, 0.15) is 17.0 Å². The van der Waals surface area contributed by atoms with Crippen molar-refractivity contribution in [2.75, 3.05) is 25.3 Å². The molecule has 2 N–H and O–H groups in total. The van der Waals surface area contributed by atoms with Crippen LogP contribution in [0.2, 0.25) is 0 Å². The molecular weight excluding hydrogens is 390 g/mol. The van der Waals surface area contributed by atoms with Crippen LogP contribution in [0.3, 0.4) is 0 Å². The van der Waals surface area contributed by atoms with Gasteiger partial charge in [0.2, 0.25) is 11.1 Å². The number of carbonyl (C=O) groups excluding carboxylic acids is 1. The molecule has 0 fully saturated rings. The van der Waals surface area contributed by atoms with E-state index in [0.717, 1.165) is 22.2 Å². The molecule has 2 heterocycles. The number of hydrogen-bond acceptors (Lipinski definition) is 7. The Morgan fingerprint density at radius 2 is 2.00 bits per heavy atom. The molecule has 0 radical (unpaired) electrons. The predicted octanol–water partition coefficient (Wildman–Crippen LogP) is 3.56. The van der Waals surface area contributed by atoms with E-state index in [1.165, 1.54) is 11.8 Å². The maximum atomic E-state index is 12.4. The Balaban J connectivity index is 1.49. The molecule has 0 bridgehead atoms. The fourth-order valence-electron chi connectivity index (χ4n) is 2.96. The van der Waals surface area contributed by atoms with Crippen LogP contribution in [-0.4, -0.2) is 46.0 Å². The molecule has 0 aliphatic rings. The molecule has 0 aliphatic carbocycles. The molecule has 148 valence electrons. The maximum absolute atomic E-state index is 12.4. The van der Waals surface area contributed by atoms with Gasteiger partial charge in [-0.2, -0.15) is 0 Å². The van der Waals surface area contributed by atoms with Gasteiger partial charge in [0, 0.05) is 10.9 Å². The summed E-state index contributed by atoms with van der Waals surface area (Å²) in [6, 6.07) is 11.3. The largest absolute Gasteiger partial charge is 0.497 e. The lowest BCUT2D eigenvalue weighted by molar-refractivity contribution is -0.113. The van der Waals surface area contributed by atoms with Crippen LogP contribution in [0.5, 0.6) is 11.5 Å². The van der Waals surface area contributed by atoms with Crippen LogP contribution in [0.15, 0.2) is 41.6 Å². The average Bonchev–Trinajstić information content (AvgIpc) is 3.09. The van der Waals surface area contributed by atoms with Gasteiger partial charge in [-0.05, 0) is 42.8 Å². The van der Waals surface area contributed by atoms with Gasteiger partial charge in [-0.25, -0.2) is 4.98 Å². The van der Waals surface area contributed by atoms with E-state index < -0.39 is 0 Å². The van der Waals surface area contributed by atoms with Crippen molar-refractivity contribution in [1.82, 2.24) is 20.2 Å². The fraction of sp³-hybridized carbons (Fsp3) is 0.200. The Kier molecular flexibility index (Phi) is 5.22. The number of carbonyl (C=O) groups is 1. The zero-order valence-electron chi connectivity index (χ0n) is 16.1. The van der Waals surface area contributed by atoms with Crippen molar-refractivity contribution in [1.29, 1.82) is 0 Å². The number of aromatic nitrogens is 4. The molecule has 2 aromatic carbocycles.